The minimum absolute atomic E-state index is 0. The lowest BCUT2D eigenvalue weighted by Crippen LogP contribution is -2.27. The van der Waals surface area contributed by atoms with E-state index >= 15 is 0 Å². The minimum Gasteiger partial charge on any atom is -0.278 e. The van der Waals surface area contributed by atoms with Gasteiger partial charge in [-0.3, -0.25) is 5.10 Å². The van der Waals surface area contributed by atoms with Crippen LogP contribution in [0, 0.1) is 0 Å². The van der Waals surface area contributed by atoms with Crippen LogP contribution in [0.4, 0.5) is 0 Å². The Kier molecular flexibility index (Phi) is 1.75. The number of hydrogen-bond acceptors (Lipinski definition) is 1. The number of fused-ring (bicyclic) bond motifs is 1. The van der Waals surface area contributed by atoms with E-state index in [9.17, 15) is 0 Å². The molecule has 2 heteroatoms. The summed E-state index contributed by atoms with van der Waals surface area (Å²) in [7, 11) is 0. The first kappa shape index (κ1) is 7.59. The van der Waals surface area contributed by atoms with E-state index in [1.54, 1.807) is 0 Å². The molecule has 1 aromatic heterocycles. The third-order valence-corrected chi connectivity index (χ3v) is 2.27. The van der Waals surface area contributed by atoms with Gasteiger partial charge in [-0.1, -0.05) is 26.0 Å². The highest BCUT2D eigenvalue weighted by Crippen LogP contribution is 2.05. The summed E-state index contributed by atoms with van der Waals surface area (Å²) in [6.45, 7) is 4.36. The first-order chi connectivity index (χ1) is 5.79. The number of nitrogens with zero attached hydrogens (tertiary/aromatic N) is 1. The van der Waals surface area contributed by atoms with Crippen LogP contribution >= 0.6 is 0 Å². The quantitative estimate of drug-likeness (QED) is 0.662. The van der Waals surface area contributed by atoms with Crippen molar-refractivity contribution in [1.29, 1.82) is 0 Å². The van der Waals surface area contributed by atoms with Crippen LogP contribution in [0.3, 0.4) is 0 Å². The Hall–Kier alpha value is -1.05. The zero-order valence-corrected chi connectivity index (χ0v) is 7.59. The van der Waals surface area contributed by atoms with Gasteiger partial charge in [-0.2, -0.15) is 5.10 Å². The van der Waals surface area contributed by atoms with Gasteiger partial charge in [0.15, 0.2) is 0 Å². The van der Waals surface area contributed by atoms with Crippen molar-refractivity contribution < 1.29 is 1.43 Å². The lowest BCUT2D eigenvalue weighted by atomic mass is 10.1. The van der Waals surface area contributed by atoms with Crippen LogP contribution in [0.25, 0.3) is 12.2 Å². The van der Waals surface area contributed by atoms with E-state index in [1.165, 1.54) is 16.3 Å². The lowest BCUT2D eigenvalue weighted by molar-refractivity contribution is 0.804. The monoisotopic (exact) mass is 164 g/mol. The molecule has 2 nitrogen and oxygen atoms in total. The topological polar surface area (TPSA) is 28.7 Å². The predicted molar refractivity (Wildman–Crippen MR) is 52.2 cm³/mol. The van der Waals surface area contributed by atoms with Crippen LogP contribution < -0.4 is 10.6 Å². The van der Waals surface area contributed by atoms with Gasteiger partial charge < -0.3 is 0 Å². The fraction of sp³-hybridized carbons (Fsp3) is 0.500. The zero-order chi connectivity index (χ0) is 8.55. The maximum atomic E-state index is 4.31. The van der Waals surface area contributed by atoms with Gasteiger partial charge in [0.05, 0.1) is 11.0 Å². The smallest absolute Gasteiger partial charge is 0.0722 e. The van der Waals surface area contributed by atoms with Crippen molar-refractivity contribution >= 4 is 12.2 Å². The van der Waals surface area contributed by atoms with Gasteiger partial charge in [-0.25, -0.2) is 0 Å². The van der Waals surface area contributed by atoms with Crippen LogP contribution in [0.1, 0.15) is 39.7 Å². The summed E-state index contributed by atoms with van der Waals surface area (Å²) in [4.78, 5) is 0. The molecule has 0 fully saturated rings. The molecule has 0 bridgehead atoms. The molecule has 0 saturated heterocycles. The van der Waals surface area contributed by atoms with Gasteiger partial charge in [-0.05, 0) is 18.8 Å². The van der Waals surface area contributed by atoms with Crippen molar-refractivity contribution in [3.8, 4) is 0 Å². The Balaban J connectivity index is 0.000000845. The van der Waals surface area contributed by atoms with Crippen LogP contribution in [-0.2, 0) is 0 Å². The zero-order valence-electron chi connectivity index (χ0n) is 7.59. The Morgan fingerprint density at radius 3 is 2.92 bits per heavy atom. The molecular formula is C10H16N2. The number of aromatic nitrogens is 2. The first-order valence-electron chi connectivity index (χ1n) is 4.53. The number of rotatable bonds is 1. The van der Waals surface area contributed by atoms with Crippen molar-refractivity contribution in [2.45, 2.75) is 32.6 Å². The summed E-state index contributed by atoms with van der Waals surface area (Å²) in [6, 6.07) is 0. The van der Waals surface area contributed by atoms with Crippen molar-refractivity contribution in [2.24, 2.45) is 0 Å². The summed E-state index contributed by atoms with van der Waals surface area (Å²) in [5, 5.41) is 9.92. The van der Waals surface area contributed by atoms with Crippen molar-refractivity contribution in [3.05, 3.63) is 16.3 Å². The van der Waals surface area contributed by atoms with E-state index in [4.69, 9.17) is 0 Å². The van der Waals surface area contributed by atoms with Crippen LogP contribution in [-0.4, -0.2) is 10.2 Å². The van der Waals surface area contributed by atoms with Crippen LogP contribution in [0.5, 0.6) is 0 Å². The highest BCUT2D eigenvalue weighted by Gasteiger charge is 2.06. The number of aromatic amines is 1. The average molecular weight is 164 g/mol. The number of hydrogen-bond donors (Lipinski definition) is 1. The van der Waals surface area contributed by atoms with Gasteiger partial charge in [-0.15, -0.1) is 0 Å². The highest BCUT2D eigenvalue weighted by molar-refractivity contribution is 5.37. The second-order valence-corrected chi connectivity index (χ2v) is 3.58. The molecule has 2 rings (SSSR count). The lowest BCUT2D eigenvalue weighted by Gasteiger charge is -1.99. The first-order valence-corrected chi connectivity index (χ1v) is 4.53. The Morgan fingerprint density at radius 2 is 2.17 bits per heavy atom. The van der Waals surface area contributed by atoms with Gasteiger partial charge in [0.1, 0.15) is 0 Å². The standard InChI is InChI=1S/C10H14N2.H2/c1-7(2)10-8-5-3-4-6-9(8)11-12-10;/h5-7,11H,3-4H2,1-2H3;1H. The largest absolute Gasteiger partial charge is 0.278 e. The SMILES string of the molecule is CC(C)c1n[nH]c2c1=CCCC=2.[HH]. The normalized spacial score (nSPS) is 15.2. The molecule has 1 N–H and O–H groups in total. The summed E-state index contributed by atoms with van der Waals surface area (Å²) < 4.78 is 0. The molecule has 0 aromatic carbocycles. The second-order valence-electron chi connectivity index (χ2n) is 3.58. The fourth-order valence-electron chi connectivity index (χ4n) is 1.64. The summed E-state index contributed by atoms with van der Waals surface area (Å²) in [5.74, 6) is 0.521. The van der Waals surface area contributed by atoms with E-state index in [2.05, 4.69) is 36.2 Å². The Labute approximate surface area is 73.5 Å². The minimum atomic E-state index is 0. The Bertz CT molecular complexity index is 390. The van der Waals surface area contributed by atoms with E-state index in [0.717, 1.165) is 12.8 Å². The molecule has 0 atom stereocenters. The molecule has 1 aliphatic rings. The maximum Gasteiger partial charge on any atom is 0.0722 e. The van der Waals surface area contributed by atoms with Crippen molar-refractivity contribution in [3.63, 3.8) is 0 Å². The third-order valence-electron chi connectivity index (χ3n) is 2.27. The van der Waals surface area contributed by atoms with Crippen LogP contribution in [0.15, 0.2) is 0 Å². The molecule has 66 valence electrons. The average Bonchev–Trinajstić information content (AvgIpc) is 2.47. The third kappa shape index (κ3) is 1.07. The van der Waals surface area contributed by atoms with Crippen molar-refractivity contribution in [2.75, 3.05) is 0 Å². The fourth-order valence-corrected chi connectivity index (χ4v) is 1.64. The van der Waals surface area contributed by atoms with Gasteiger partial charge >= 0.3 is 0 Å². The van der Waals surface area contributed by atoms with E-state index in [0.29, 0.717) is 5.92 Å². The maximum absolute atomic E-state index is 4.31. The molecule has 1 aromatic rings. The van der Waals surface area contributed by atoms with Gasteiger partial charge in [0, 0.05) is 6.65 Å². The number of H-pyrrole nitrogens is 1. The van der Waals surface area contributed by atoms with E-state index in [1.807, 2.05) is 0 Å². The second kappa shape index (κ2) is 2.77. The summed E-state index contributed by atoms with van der Waals surface area (Å²) in [5.41, 5.74) is 1.21. The predicted octanol–water partition coefficient (Wildman–Crippen LogP) is 1.13. The van der Waals surface area contributed by atoms with Gasteiger partial charge in [0.25, 0.3) is 0 Å². The molecule has 0 saturated carbocycles. The molecule has 0 spiro atoms. The molecule has 0 radical (unpaired) electrons. The molecule has 0 amide bonds. The van der Waals surface area contributed by atoms with Crippen LogP contribution in [0.2, 0.25) is 0 Å². The number of nitrogens with one attached hydrogen (secondary N) is 1. The highest BCUT2D eigenvalue weighted by atomic mass is 15.1. The van der Waals surface area contributed by atoms with E-state index < -0.39 is 0 Å². The molecule has 0 unspecified atom stereocenters. The molecule has 0 aliphatic heterocycles. The molecular weight excluding hydrogens is 148 g/mol. The van der Waals surface area contributed by atoms with Gasteiger partial charge in [0.2, 0.25) is 0 Å². The molecule has 1 heterocycles. The summed E-state index contributed by atoms with van der Waals surface area (Å²) in [6.07, 6.45) is 6.82. The molecule has 1 aliphatic carbocycles. The van der Waals surface area contributed by atoms with E-state index in [-0.39, 0.29) is 1.43 Å². The molecule has 12 heavy (non-hydrogen) atoms. The summed E-state index contributed by atoms with van der Waals surface area (Å²) >= 11 is 0. The Morgan fingerprint density at radius 1 is 1.42 bits per heavy atom. The van der Waals surface area contributed by atoms with Crippen molar-refractivity contribution in [1.82, 2.24) is 10.2 Å².